The summed E-state index contributed by atoms with van der Waals surface area (Å²) in [5, 5.41) is 0. The van der Waals surface area contributed by atoms with Gasteiger partial charge in [0.2, 0.25) is 5.91 Å². The number of benzene rings is 1. The lowest BCUT2D eigenvalue weighted by atomic mass is 10.2. The number of aromatic nitrogens is 1. The van der Waals surface area contributed by atoms with E-state index in [0.29, 0.717) is 15.0 Å². The average Bonchev–Trinajstić information content (AvgIpc) is 2.42. The van der Waals surface area contributed by atoms with Crippen molar-refractivity contribution in [3.63, 3.8) is 0 Å². The summed E-state index contributed by atoms with van der Waals surface area (Å²) >= 11 is 1.97. The predicted molar refractivity (Wildman–Crippen MR) is 55.2 cm³/mol. The number of primary amides is 1. The zero-order chi connectivity index (χ0) is 9.42. The van der Waals surface area contributed by atoms with Gasteiger partial charge in [0, 0.05) is 28.2 Å². The van der Waals surface area contributed by atoms with E-state index in [0.717, 1.165) is 5.52 Å². The van der Waals surface area contributed by atoms with Gasteiger partial charge in [0.25, 0.3) is 3.90 Å². The van der Waals surface area contributed by atoms with Crippen molar-refractivity contribution in [2.75, 3.05) is 0 Å². The van der Waals surface area contributed by atoms with E-state index in [2.05, 4.69) is 4.98 Å². The first kappa shape index (κ1) is 8.49. The molecule has 2 N–H and O–H groups in total. The molecule has 0 aliphatic carbocycles. The number of carbonyl (C=O) groups is 1. The molecular weight excluding hydrogens is 283 g/mol. The zero-order valence-electron chi connectivity index (χ0n) is 6.45. The molecule has 5 heteroatoms. The lowest BCUT2D eigenvalue weighted by Gasteiger charge is -1.92. The molecule has 0 bridgehead atoms. The standard InChI is InChI=1S/C8H5IN2O2/c9-8-11-5-2-1-4(7(10)12)3-6(5)13-8/h1-3H,(H2,10,12). The summed E-state index contributed by atoms with van der Waals surface area (Å²) < 4.78 is 5.78. The van der Waals surface area contributed by atoms with Crippen LogP contribution >= 0.6 is 22.6 Å². The Labute approximate surface area is 87.3 Å². The number of rotatable bonds is 1. The van der Waals surface area contributed by atoms with Crippen molar-refractivity contribution in [3.8, 4) is 0 Å². The monoisotopic (exact) mass is 288 g/mol. The molecule has 2 aromatic rings. The number of carbonyl (C=O) groups excluding carboxylic acids is 1. The topological polar surface area (TPSA) is 69.1 Å². The zero-order valence-corrected chi connectivity index (χ0v) is 8.61. The van der Waals surface area contributed by atoms with Crippen molar-refractivity contribution in [1.82, 2.24) is 4.98 Å². The first-order valence-electron chi connectivity index (χ1n) is 3.53. The second kappa shape index (κ2) is 2.99. The van der Waals surface area contributed by atoms with E-state index < -0.39 is 5.91 Å². The van der Waals surface area contributed by atoms with Crippen molar-refractivity contribution >= 4 is 39.6 Å². The van der Waals surface area contributed by atoms with Crippen molar-refractivity contribution in [1.29, 1.82) is 0 Å². The van der Waals surface area contributed by atoms with E-state index in [-0.39, 0.29) is 0 Å². The number of halogens is 1. The van der Waals surface area contributed by atoms with Gasteiger partial charge in [-0.2, -0.15) is 0 Å². The van der Waals surface area contributed by atoms with Crippen LogP contribution in [0.4, 0.5) is 0 Å². The third-order valence-electron chi connectivity index (χ3n) is 1.65. The Morgan fingerprint density at radius 2 is 2.31 bits per heavy atom. The molecule has 66 valence electrons. The minimum absolute atomic E-state index is 0.431. The largest absolute Gasteiger partial charge is 0.432 e. The van der Waals surface area contributed by atoms with Crippen LogP contribution in [-0.2, 0) is 0 Å². The quantitative estimate of drug-likeness (QED) is 0.809. The van der Waals surface area contributed by atoms with Gasteiger partial charge in [0.05, 0.1) is 0 Å². The summed E-state index contributed by atoms with van der Waals surface area (Å²) in [6.07, 6.45) is 0. The molecule has 0 aliphatic rings. The normalized spacial score (nSPS) is 10.5. The summed E-state index contributed by atoms with van der Waals surface area (Å²) in [6, 6.07) is 4.93. The highest BCUT2D eigenvalue weighted by Gasteiger charge is 2.06. The molecule has 1 amide bonds. The molecule has 4 nitrogen and oxygen atoms in total. The molecule has 0 spiro atoms. The third kappa shape index (κ3) is 1.51. The number of nitrogens with zero attached hydrogens (tertiary/aromatic N) is 1. The van der Waals surface area contributed by atoms with Crippen LogP contribution in [0.15, 0.2) is 22.6 Å². The Morgan fingerprint density at radius 1 is 1.54 bits per heavy atom. The van der Waals surface area contributed by atoms with Crippen LogP contribution in [0.3, 0.4) is 0 Å². The van der Waals surface area contributed by atoms with Crippen LogP contribution in [0.1, 0.15) is 10.4 Å². The molecule has 0 saturated heterocycles. The van der Waals surface area contributed by atoms with E-state index in [1.54, 1.807) is 18.2 Å². The summed E-state index contributed by atoms with van der Waals surface area (Å²) in [6.45, 7) is 0. The second-order valence-electron chi connectivity index (χ2n) is 2.51. The van der Waals surface area contributed by atoms with E-state index in [1.165, 1.54) is 0 Å². The number of nitrogens with two attached hydrogens (primary N) is 1. The van der Waals surface area contributed by atoms with Gasteiger partial charge in [0.15, 0.2) is 5.58 Å². The lowest BCUT2D eigenvalue weighted by molar-refractivity contribution is 0.100. The molecule has 0 saturated carbocycles. The minimum Gasteiger partial charge on any atom is -0.432 e. The van der Waals surface area contributed by atoms with Crippen molar-refractivity contribution in [2.24, 2.45) is 5.73 Å². The Bertz CT molecular complexity index is 478. The van der Waals surface area contributed by atoms with E-state index in [9.17, 15) is 4.79 Å². The van der Waals surface area contributed by atoms with Crippen LogP contribution in [0, 0.1) is 3.90 Å². The second-order valence-corrected chi connectivity index (χ2v) is 3.44. The van der Waals surface area contributed by atoms with Gasteiger partial charge in [-0.05, 0) is 18.2 Å². The number of amides is 1. The molecule has 0 radical (unpaired) electrons. The van der Waals surface area contributed by atoms with Crippen molar-refractivity contribution in [2.45, 2.75) is 0 Å². The van der Waals surface area contributed by atoms with E-state index in [4.69, 9.17) is 10.2 Å². The fourth-order valence-electron chi connectivity index (χ4n) is 1.05. The Morgan fingerprint density at radius 3 is 3.00 bits per heavy atom. The predicted octanol–water partition coefficient (Wildman–Crippen LogP) is 1.53. The highest BCUT2D eigenvalue weighted by molar-refractivity contribution is 14.1. The number of fused-ring (bicyclic) bond motifs is 1. The minimum atomic E-state index is -0.465. The summed E-state index contributed by atoms with van der Waals surface area (Å²) in [4.78, 5) is 14.9. The summed E-state index contributed by atoms with van der Waals surface area (Å²) in [7, 11) is 0. The van der Waals surface area contributed by atoms with Gasteiger partial charge in [-0.3, -0.25) is 4.79 Å². The first-order valence-corrected chi connectivity index (χ1v) is 4.60. The van der Waals surface area contributed by atoms with E-state index in [1.807, 2.05) is 22.6 Å². The van der Waals surface area contributed by atoms with Crippen molar-refractivity contribution in [3.05, 3.63) is 27.7 Å². The molecule has 2 rings (SSSR count). The third-order valence-corrected chi connectivity index (χ3v) is 2.11. The van der Waals surface area contributed by atoms with Crippen LogP contribution in [-0.4, -0.2) is 10.9 Å². The maximum Gasteiger partial charge on any atom is 0.258 e. The van der Waals surface area contributed by atoms with Gasteiger partial charge >= 0.3 is 0 Å². The summed E-state index contributed by atoms with van der Waals surface area (Å²) in [5.41, 5.74) is 6.85. The fourth-order valence-corrected chi connectivity index (χ4v) is 1.55. The smallest absolute Gasteiger partial charge is 0.258 e. The molecule has 1 aromatic heterocycles. The maximum absolute atomic E-state index is 10.8. The number of oxazole rings is 1. The number of hydrogen-bond acceptors (Lipinski definition) is 3. The van der Waals surface area contributed by atoms with Gasteiger partial charge in [-0.15, -0.1) is 0 Å². The number of hydrogen-bond donors (Lipinski definition) is 1. The molecular formula is C8H5IN2O2. The van der Waals surface area contributed by atoms with Crippen LogP contribution < -0.4 is 5.73 Å². The molecule has 0 unspecified atom stereocenters. The average molecular weight is 288 g/mol. The lowest BCUT2D eigenvalue weighted by Crippen LogP contribution is -2.10. The molecule has 1 heterocycles. The Kier molecular flexibility index (Phi) is 1.95. The molecule has 0 atom stereocenters. The SMILES string of the molecule is NC(=O)c1ccc2nc(I)oc2c1. The maximum atomic E-state index is 10.8. The van der Waals surface area contributed by atoms with Crippen LogP contribution in [0.2, 0.25) is 0 Å². The first-order chi connectivity index (χ1) is 6.16. The highest BCUT2D eigenvalue weighted by Crippen LogP contribution is 2.17. The van der Waals surface area contributed by atoms with Gasteiger partial charge in [-0.1, -0.05) is 0 Å². The molecule has 1 aromatic carbocycles. The molecule has 0 fully saturated rings. The fraction of sp³-hybridized carbons (Fsp3) is 0. The molecule has 0 aliphatic heterocycles. The highest BCUT2D eigenvalue weighted by atomic mass is 127. The van der Waals surface area contributed by atoms with Gasteiger partial charge in [-0.25, -0.2) is 4.98 Å². The van der Waals surface area contributed by atoms with Crippen LogP contribution in [0.25, 0.3) is 11.1 Å². The van der Waals surface area contributed by atoms with Crippen LogP contribution in [0.5, 0.6) is 0 Å². The van der Waals surface area contributed by atoms with E-state index >= 15 is 0 Å². The van der Waals surface area contributed by atoms with Gasteiger partial charge in [0.1, 0.15) is 5.52 Å². The Hall–Kier alpha value is -1.11. The molecule has 13 heavy (non-hydrogen) atoms. The van der Waals surface area contributed by atoms with Crippen molar-refractivity contribution < 1.29 is 9.21 Å². The summed E-state index contributed by atoms with van der Waals surface area (Å²) in [5.74, 6) is -0.465. The Balaban J connectivity index is 2.67. The van der Waals surface area contributed by atoms with Gasteiger partial charge < -0.3 is 10.2 Å².